The van der Waals surface area contributed by atoms with Crippen LogP contribution in [0.15, 0.2) is 0 Å². The fraction of sp³-hybridized carbons (Fsp3) is 1.00. The lowest BCUT2D eigenvalue weighted by atomic mass is 9.70. The zero-order valence-electron chi connectivity index (χ0n) is 14.1. The van der Waals surface area contributed by atoms with E-state index in [0.29, 0.717) is 24.7 Å². The fourth-order valence-corrected chi connectivity index (χ4v) is 4.09. The zero-order chi connectivity index (χ0) is 15.2. The molecule has 0 aromatic heterocycles. The molecule has 118 valence electrons. The summed E-state index contributed by atoms with van der Waals surface area (Å²) in [6.07, 6.45) is 3.69. The van der Waals surface area contributed by atoms with Gasteiger partial charge >= 0.3 is 0 Å². The van der Waals surface area contributed by atoms with Gasteiger partial charge in [0.1, 0.15) is 0 Å². The molecule has 0 saturated heterocycles. The van der Waals surface area contributed by atoms with Crippen molar-refractivity contribution in [3.8, 4) is 0 Å². The molecule has 0 unspecified atom stereocenters. The lowest BCUT2D eigenvalue weighted by Gasteiger charge is -2.39. The Balaban J connectivity index is 1.81. The molecule has 0 spiro atoms. The third-order valence-electron chi connectivity index (χ3n) is 6.07. The molecule has 2 saturated carbocycles. The highest BCUT2D eigenvalue weighted by Crippen LogP contribution is 2.66. The van der Waals surface area contributed by atoms with E-state index in [-0.39, 0.29) is 11.0 Å². The van der Waals surface area contributed by atoms with Gasteiger partial charge in [0.15, 0.2) is 0 Å². The molecule has 2 aliphatic rings. The molecule has 0 aliphatic heterocycles. The third kappa shape index (κ3) is 2.90. The summed E-state index contributed by atoms with van der Waals surface area (Å²) in [7, 11) is 0. The highest BCUT2D eigenvalue weighted by molar-refractivity contribution is 5.11. The van der Waals surface area contributed by atoms with Crippen molar-refractivity contribution < 1.29 is 9.84 Å². The average molecular weight is 283 g/mol. The molecule has 0 heterocycles. The Morgan fingerprint density at radius 3 is 2.40 bits per heavy atom. The van der Waals surface area contributed by atoms with E-state index in [9.17, 15) is 5.11 Å². The standard InChI is InChI=1S/C17H33NO2/c1-15(2,3)18-10-13(19)11-20-14-9-12-7-8-17(14,6)16(12,4)5/h12-14,18-19H,7-11H2,1-6H3/t12-,13-,14-,17-/m1/s1. The van der Waals surface area contributed by atoms with Crippen molar-refractivity contribution in [1.82, 2.24) is 5.32 Å². The number of aliphatic hydroxyl groups is 1. The maximum Gasteiger partial charge on any atom is 0.0898 e. The van der Waals surface area contributed by atoms with Crippen LogP contribution in [0.5, 0.6) is 0 Å². The largest absolute Gasteiger partial charge is 0.389 e. The summed E-state index contributed by atoms with van der Waals surface area (Å²) in [6, 6.07) is 0. The SMILES string of the molecule is CC(C)(C)NC[C@@H](O)CO[C@@H]1C[C@H]2CC[C@@]1(C)C2(C)C. The molecular weight excluding hydrogens is 250 g/mol. The van der Waals surface area contributed by atoms with Crippen LogP contribution < -0.4 is 5.32 Å². The summed E-state index contributed by atoms with van der Waals surface area (Å²) in [5.41, 5.74) is 0.711. The predicted octanol–water partition coefficient (Wildman–Crippen LogP) is 2.97. The van der Waals surface area contributed by atoms with Gasteiger partial charge in [-0.2, -0.15) is 0 Å². The van der Waals surface area contributed by atoms with Gasteiger partial charge in [0, 0.05) is 12.1 Å². The molecular formula is C17H33NO2. The van der Waals surface area contributed by atoms with Crippen molar-refractivity contribution in [2.45, 2.75) is 78.6 Å². The van der Waals surface area contributed by atoms with Gasteiger partial charge in [0.2, 0.25) is 0 Å². The smallest absolute Gasteiger partial charge is 0.0898 e. The Morgan fingerprint density at radius 2 is 1.95 bits per heavy atom. The van der Waals surface area contributed by atoms with Gasteiger partial charge in [-0.15, -0.1) is 0 Å². The second kappa shape index (κ2) is 5.26. The molecule has 4 atom stereocenters. The minimum atomic E-state index is -0.417. The van der Waals surface area contributed by atoms with Crippen LogP contribution in [-0.2, 0) is 4.74 Å². The molecule has 0 amide bonds. The van der Waals surface area contributed by atoms with E-state index in [2.05, 4.69) is 46.9 Å². The van der Waals surface area contributed by atoms with E-state index < -0.39 is 6.10 Å². The lowest BCUT2D eigenvalue weighted by molar-refractivity contribution is -0.0748. The van der Waals surface area contributed by atoms with E-state index in [4.69, 9.17) is 4.74 Å². The quantitative estimate of drug-likeness (QED) is 0.815. The number of ether oxygens (including phenoxy) is 1. The maximum absolute atomic E-state index is 10.1. The normalized spacial score (nSPS) is 37.4. The number of hydrogen-bond donors (Lipinski definition) is 2. The van der Waals surface area contributed by atoms with Crippen molar-refractivity contribution in [2.24, 2.45) is 16.7 Å². The van der Waals surface area contributed by atoms with Crippen molar-refractivity contribution in [1.29, 1.82) is 0 Å². The Bertz CT molecular complexity index is 347. The molecule has 20 heavy (non-hydrogen) atoms. The van der Waals surface area contributed by atoms with E-state index >= 15 is 0 Å². The Morgan fingerprint density at radius 1 is 1.30 bits per heavy atom. The molecule has 2 rings (SSSR count). The number of β-amino-alcohol motifs (C(OH)–C–C–N with tert-alkyl or cyclic N) is 1. The second-order valence-electron chi connectivity index (χ2n) is 8.72. The highest BCUT2D eigenvalue weighted by atomic mass is 16.5. The second-order valence-corrected chi connectivity index (χ2v) is 8.72. The van der Waals surface area contributed by atoms with Gasteiger partial charge in [-0.05, 0) is 56.8 Å². The molecule has 2 fully saturated rings. The predicted molar refractivity (Wildman–Crippen MR) is 82.7 cm³/mol. The molecule has 0 aromatic carbocycles. The lowest BCUT2D eigenvalue weighted by Crippen LogP contribution is -2.43. The topological polar surface area (TPSA) is 41.5 Å². The molecule has 0 radical (unpaired) electrons. The van der Waals surface area contributed by atoms with Gasteiger partial charge in [0.25, 0.3) is 0 Å². The van der Waals surface area contributed by atoms with Crippen LogP contribution in [0.2, 0.25) is 0 Å². The number of aliphatic hydroxyl groups excluding tert-OH is 1. The first-order chi connectivity index (χ1) is 9.06. The van der Waals surface area contributed by atoms with Crippen molar-refractivity contribution >= 4 is 0 Å². The first kappa shape index (κ1) is 16.3. The van der Waals surface area contributed by atoms with Crippen LogP contribution in [0, 0.1) is 16.7 Å². The van der Waals surface area contributed by atoms with Crippen LogP contribution in [0.1, 0.15) is 60.8 Å². The minimum Gasteiger partial charge on any atom is -0.389 e. The van der Waals surface area contributed by atoms with E-state index in [0.717, 1.165) is 5.92 Å². The monoisotopic (exact) mass is 283 g/mol. The van der Waals surface area contributed by atoms with E-state index in [1.54, 1.807) is 0 Å². The summed E-state index contributed by atoms with van der Waals surface area (Å²) in [6.45, 7) is 14.5. The molecule has 2 bridgehead atoms. The van der Waals surface area contributed by atoms with Crippen LogP contribution in [0.3, 0.4) is 0 Å². The Kier molecular flexibility index (Phi) is 4.27. The molecule has 0 aromatic rings. The van der Waals surface area contributed by atoms with Crippen LogP contribution in [-0.4, -0.2) is 36.0 Å². The average Bonchev–Trinajstić information content (AvgIpc) is 2.65. The van der Waals surface area contributed by atoms with Gasteiger partial charge < -0.3 is 15.2 Å². The molecule has 2 aliphatic carbocycles. The fourth-order valence-electron chi connectivity index (χ4n) is 4.09. The summed E-state index contributed by atoms with van der Waals surface area (Å²) in [5, 5.41) is 13.4. The minimum absolute atomic E-state index is 0.0430. The van der Waals surface area contributed by atoms with Gasteiger partial charge in [-0.25, -0.2) is 0 Å². The number of hydrogen-bond acceptors (Lipinski definition) is 3. The van der Waals surface area contributed by atoms with Crippen LogP contribution in [0.4, 0.5) is 0 Å². The van der Waals surface area contributed by atoms with E-state index in [1.807, 2.05) is 0 Å². The summed E-state index contributed by atoms with van der Waals surface area (Å²) >= 11 is 0. The first-order valence-electron chi connectivity index (χ1n) is 8.11. The third-order valence-corrected chi connectivity index (χ3v) is 6.07. The summed E-state index contributed by atoms with van der Waals surface area (Å²) in [4.78, 5) is 0. The number of rotatable bonds is 5. The van der Waals surface area contributed by atoms with Gasteiger partial charge in [-0.3, -0.25) is 0 Å². The number of nitrogens with one attached hydrogen (secondary N) is 1. The summed E-state index contributed by atoms with van der Waals surface area (Å²) in [5.74, 6) is 0.794. The molecule has 2 N–H and O–H groups in total. The first-order valence-corrected chi connectivity index (χ1v) is 8.11. The number of fused-ring (bicyclic) bond motifs is 2. The van der Waals surface area contributed by atoms with E-state index in [1.165, 1.54) is 19.3 Å². The van der Waals surface area contributed by atoms with Crippen molar-refractivity contribution in [2.75, 3.05) is 13.2 Å². The van der Waals surface area contributed by atoms with Crippen molar-refractivity contribution in [3.63, 3.8) is 0 Å². The van der Waals surface area contributed by atoms with Gasteiger partial charge in [-0.1, -0.05) is 20.8 Å². The van der Waals surface area contributed by atoms with Gasteiger partial charge in [0.05, 0.1) is 18.8 Å². The summed E-state index contributed by atoms with van der Waals surface area (Å²) < 4.78 is 6.11. The zero-order valence-corrected chi connectivity index (χ0v) is 14.1. The Labute approximate surface area is 124 Å². The Hall–Kier alpha value is -0.120. The maximum atomic E-state index is 10.1. The van der Waals surface area contributed by atoms with Crippen LogP contribution in [0.25, 0.3) is 0 Å². The van der Waals surface area contributed by atoms with Crippen molar-refractivity contribution in [3.05, 3.63) is 0 Å². The molecule has 3 heteroatoms. The molecule has 3 nitrogen and oxygen atoms in total. The highest BCUT2D eigenvalue weighted by Gasteiger charge is 2.61. The van der Waals surface area contributed by atoms with Crippen LogP contribution >= 0.6 is 0 Å².